The van der Waals surface area contributed by atoms with E-state index < -0.39 is 0 Å². The van der Waals surface area contributed by atoms with Gasteiger partial charge in [-0.1, -0.05) is 0 Å². The van der Waals surface area contributed by atoms with Gasteiger partial charge in [-0.2, -0.15) is 11.8 Å². The summed E-state index contributed by atoms with van der Waals surface area (Å²) in [4.78, 5) is 15.3. The number of nitrogens with zero attached hydrogens (tertiary/aromatic N) is 2. The van der Waals surface area contributed by atoms with Gasteiger partial charge in [0.1, 0.15) is 5.82 Å². The monoisotopic (exact) mass is 260 g/mol. The van der Waals surface area contributed by atoms with E-state index in [0.29, 0.717) is 5.56 Å². The lowest BCUT2D eigenvalue weighted by molar-refractivity contribution is 0.112. The van der Waals surface area contributed by atoms with Crippen molar-refractivity contribution in [3.63, 3.8) is 0 Å². The summed E-state index contributed by atoms with van der Waals surface area (Å²) >= 11 is 2.05. The zero-order valence-corrected chi connectivity index (χ0v) is 11.0. The molecule has 0 saturated carbocycles. The van der Waals surface area contributed by atoms with Gasteiger partial charge >= 0.3 is 0 Å². The number of imidazole rings is 1. The number of aldehydes is 1. The van der Waals surface area contributed by atoms with Crippen LogP contribution < -0.4 is 0 Å². The van der Waals surface area contributed by atoms with Crippen molar-refractivity contribution in [1.29, 1.82) is 0 Å². The average molecular weight is 260 g/mol. The maximum atomic E-state index is 10.8. The molecule has 2 aromatic rings. The third-order valence-electron chi connectivity index (χ3n) is 3.58. The Labute approximate surface area is 111 Å². The lowest BCUT2D eigenvalue weighted by Gasteiger charge is -2.20. The van der Waals surface area contributed by atoms with Crippen LogP contribution in [0.3, 0.4) is 0 Å². The number of hydrogen-bond acceptors (Lipinski definition) is 3. The molecule has 3 nitrogen and oxygen atoms in total. The van der Waals surface area contributed by atoms with Crippen LogP contribution in [0.2, 0.25) is 0 Å². The van der Waals surface area contributed by atoms with Crippen LogP contribution >= 0.6 is 11.8 Å². The van der Waals surface area contributed by atoms with Crippen molar-refractivity contribution in [3.8, 4) is 0 Å². The molecule has 0 N–H and O–H groups in total. The Morgan fingerprint density at radius 1 is 1.39 bits per heavy atom. The molecule has 0 unspecified atom stereocenters. The van der Waals surface area contributed by atoms with Crippen molar-refractivity contribution in [1.82, 2.24) is 9.38 Å². The topological polar surface area (TPSA) is 34.4 Å². The molecule has 1 saturated heterocycles. The summed E-state index contributed by atoms with van der Waals surface area (Å²) in [7, 11) is 0. The first-order chi connectivity index (χ1) is 8.86. The number of aromatic nitrogens is 2. The number of pyridine rings is 1. The summed E-state index contributed by atoms with van der Waals surface area (Å²) in [5.74, 6) is 4.38. The van der Waals surface area contributed by atoms with E-state index in [1.54, 1.807) is 0 Å². The van der Waals surface area contributed by atoms with Gasteiger partial charge in [0.05, 0.1) is 11.7 Å². The number of fused-ring (bicyclic) bond motifs is 1. The van der Waals surface area contributed by atoms with Crippen LogP contribution in [0.1, 0.15) is 29.0 Å². The molecule has 3 rings (SSSR count). The Morgan fingerprint density at radius 3 is 3.00 bits per heavy atom. The molecular weight excluding hydrogens is 244 g/mol. The van der Waals surface area contributed by atoms with Crippen molar-refractivity contribution in [2.75, 3.05) is 11.5 Å². The Balaban J connectivity index is 1.88. The Hall–Kier alpha value is -1.29. The third-order valence-corrected chi connectivity index (χ3v) is 4.62. The van der Waals surface area contributed by atoms with E-state index >= 15 is 0 Å². The van der Waals surface area contributed by atoms with Crippen LogP contribution in [-0.4, -0.2) is 27.2 Å². The van der Waals surface area contributed by atoms with E-state index in [9.17, 15) is 4.79 Å². The van der Waals surface area contributed by atoms with Gasteiger partial charge in [-0.25, -0.2) is 4.98 Å². The highest BCUT2D eigenvalue weighted by Gasteiger charge is 2.16. The minimum atomic E-state index is 0.709. The molecule has 4 heteroatoms. The predicted molar refractivity (Wildman–Crippen MR) is 74.3 cm³/mol. The summed E-state index contributed by atoms with van der Waals surface area (Å²) in [5, 5.41) is 0. The zero-order chi connectivity index (χ0) is 12.4. The molecule has 0 atom stereocenters. The van der Waals surface area contributed by atoms with Gasteiger partial charge in [-0.05, 0) is 42.4 Å². The Bertz CT molecular complexity index is 558. The molecule has 0 bridgehead atoms. The smallest absolute Gasteiger partial charge is 0.151 e. The lowest BCUT2D eigenvalue weighted by atomic mass is 9.98. The summed E-state index contributed by atoms with van der Waals surface area (Å²) in [6.45, 7) is 0. The van der Waals surface area contributed by atoms with Gasteiger partial charge in [-0.3, -0.25) is 4.79 Å². The second kappa shape index (κ2) is 5.14. The van der Waals surface area contributed by atoms with Crippen LogP contribution in [0, 0.1) is 5.92 Å². The molecule has 2 aromatic heterocycles. The van der Waals surface area contributed by atoms with Crippen LogP contribution in [0.25, 0.3) is 5.52 Å². The van der Waals surface area contributed by atoms with E-state index in [0.717, 1.165) is 30.0 Å². The fraction of sp³-hybridized carbons (Fsp3) is 0.429. The van der Waals surface area contributed by atoms with Gasteiger partial charge in [0.25, 0.3) is 0 Å². The Kier molecular flexibility index (Phi) is 3.37. The quantitative estimate of drug-likeness (QED) is 0.796. The van der Waals surface area contributed by atoms with E-state index in [4.69, 9.17) is 0 Å². The van der Waals surface area contributed by atoms with Crippen LogP contribution in [-0.2, 0) is 6.42 Å². The maximum absolute atomic E-state index is 10.8. The largest absolute Gasteiger partial charge is 0.303 e. The van der Waals surface area contributed by atoms with E-state index in [2.05, 4.69) is 9.38 Å². The minimum Gasteiger partial charge on any atom is -0.303 e. The van der Waals surface area contributed by atoms with Crippen molar-refractivity contribution in [2.24, 2.45) is 5.92 Å². The average Bonchev–Trinajstić information content (AvgIpc) is 2.82. The van der Waals surface area contributed by atoms with Crippen LogP contribution in [0.4, 0.5) is 0 Å². The first-order valence-corrected chi connectivity index (χ1v) is 7.51. The normalized spacial score (nSPS) is 17.1. The van der Waals surface area contributed by atoms with Gasteiger partial charge in [0, 0.05) is 18.2 Å². The maximum Gasteiger partial charge on any atom is 0.151 e. The molecule has 1 aliphatic rings. The summed E-state index contributed by atoms with van der Waals surface area (Å²) in [6, 6.07) is 3.79. The number of hydrogen-bond donors (Lipinski definition) is 0. The van der Waals surface area contributed by atoms with Crippen molar-refractivity contribution in [2.45, 2.75) is 19.3 Å². The van der Waals surface area contributed by atoms with Crippen molar-refractivity contribution >= 4 is 23.6 Å². The third kappa shape index (κ3) is 2.29. The molecule has 0 radical (unpaired) electrons. The van der Waals surface area contributed by atoms with E-state index in [1.165, 1.54) is 24.3 Å². The molecule has 0 aromatic carbocycles. The first kappa shape index (κ1) is 11.8. The van der Waals surface area contributed by atoms with Gasteiger partial charge in [-0.15, -0.1) is 0 Å². The van der Waals surface area contributed by atoms with Crippen molar-refractivity contribution < 1.29 is 4.79 Å². The predicted octanol–water partition coefficient (Wildman–Crippen LogP) is 2.83. The highest BCUT2D eigenvalue weighted by atomic mass is 32.2. The summed E-state index contributed by atoms with van der Waals surface area (Å²) in [6.07, 6.45) is 8.27. The van der Waals surface area contributed by atoms with Gasteiger partial charge in [0.15, 0.2) is 6.29 Å². The zero-order valence-electron chi connectivity index (χ0n) is 10.2. The first-order valence-electron chi connectivity index (χ1n) is 6.36. The fourth-order valence-corrected chi connectivity index (χ4v) is 3.69. The molecule has 18 heavy (non-hydrogen) atoms. The molecule has 1 aliphatic heterocycles. The molecule has 0 spiro atoms. The molecule has 94 valence electrons. The summed E-state index contributed by atoms with van der Waals surface area (Å²) < 4.78 is 2.06. The SMILES string of the molecule is O=Cc1ccc2cnc(CC3CCSCC3)n2c1. The Morgan fingerprint density at radius 2 is 2.22 bits per heavy atom. The van der Waals surface area contributed by atoms with E-state index in [1.807, 2.05) is 36.3 Å². The number of rotatable bonds is 3. The number of thioether (sulfide) groups is 1. The molecule has 0 amide bonds. The molecule has 3 heterocycles. The second-order valence-corrected chi connectivity index (χ2v) is 6.03. The second-order valence-electron chi connectivity index (χ2n) is 4.81. The van der Waals surface area contributed by atoms with Crippen LogP contribution in [0.15, 0.2) is 24.5 Å². The van der Waals surface area contributed by atoms with Crippen molar-refractivity contribution in [3.05, 3.63) is 35.9 Å². The number of carbonyl (C=O) groups excluding carboxylic acids is 1. The highest BCUT2D eigenvalue weighted by Crippen LogP contribution is 2.25. The molecule has 0 aliphatic carbocycles. The van der Waals surface area contributed by atoms with E-state index in [-0.39, 0.29) is 0 Å². The standard InChI is InChI=1S/C14H16N2OS/c17-10-12-1-2-13-8-15-14(16(13)9-12)7-11-3-5-18-6-4-11/h1-2,8-11H,3-7H2. The number of carbonyl (C=O) groups is 1. The van der Waals surface area contributed by atoms with Gasteiger partial charge < -0.3 is 4.40 Å². The lowest BCUT2D eigenvalue weighted by Crippen LogP contribution is -2.14. The minimum absolute atomic E-state index is 0.709. The molecule has 1 fully saturated rings. The fourth-order valence-electron chi connectivity index (χ4n) is 2.49. The summed E-state index contributed by atoms with van der Waals surface area (Å²) in [5.41, 5.74) is 1.78. The molecular formula is C14H16N2OS. The van der Waals surface area contributed by atoms with Gasteiger partial charge in [0.2, 0.25) is 0 Å². The van der Waals surface area contributed by atoms with Crippen LogP contribution in [0.5, 0.6) is 0 Å². The highest BCUT2D eigenvalue weighted by molar-refractivity contribution is 7.99.